The molecule has 0 fully saturated rings. The zero-order chi connectivity index (χ0) is 15.0. The molecule has 0 aliphatic carbocycles. The molecule has 0 saturated carbocycles. The van der Waals surface area contributed by atoms with Crippen LogP contribution in [-0.4, -0.2) is 29.7 Å². The fraction of sp³-hybridized carbons (Fsp3) is 0.214. The minimum absolute atomic E-state index is 0.493. The molecule has 3 heterocycles. The lowest BCUT2D eigenvalue weighted by molar-refractivity contribution is 0.795. The third kappa shape index (κ3) is 2.45. The van der Waals surface area contributed by atoms with E-state index in [1.54, 1.807) is 23.3 Å². The number of hydrogen-bond acceptors (Lipinski definition) is 6. The van der Waals surface area contributed by atoms with E-state index in [0.29, 0.717) is 23.0 Å². The number of anilines is 1. The Hall–Kier alpha value is -2.83. The van der Waals surface area contributed by atoms with Gasteiger partial charge in [0.05, 0.1) is 17.6 Å². The summed E-state index contributed by atoms with van der Waals surface area (Å²) in [5.74, 6) is 0.493. The normalized spacial score (nSPS) is 10.8. The molecule has 0 atom stereocenters. The molecule has 0 bridgehead atoms. The van der Waals surface area contributed by atoms with E-state index in [4.69, 9.17) is 5.73 Å². The van der Waals surface area contributed by atoms with Crippen LogP contribution in [0.5, 0.6) is 0 Å². The van der Waals surface area contributed by atoms with E-state index >= 15 is 0 Å². The predicted molar refractivity (Wildman–Crippen MR) is 78.8 cm³/mol. The third-order valence-corrected chi connectivity index (χ3v) is 3.02. The van der Waals surface area contributed by atoms with Crippen LogP contribution in [0.4, 0.5) is 5.69 Å². The Bertz CT molecular complexity index is 787. The van der Waals surface area contributed by atoms with Gasteiger partial charge in [0.25, 0.3) is 5.95 Å². The Morgan fingerprint density at radius 2 is 1.62 bits per heavy atom. The highest BCUT2D eigenvalue weighted by Crippen LogP contribution is 2.24. The van der Waals surface area contributed by atoms with Crippen LogP contribution >= 0.6 is 0 Å². The third-order valence-electron chi connectivity index (χ3n) is 3.02. The molecule has 3 aromatic heterocycles. The molecule has 0 radical (unpaired) electrons. The van der Waals surface area contributed by atoms with E-state index in [-0.39, 0.29) is 0 Å². The van der Waals surface area contributed by atoms with Gasteiger partial charge in [-0.2, -0.15) is 5.10 Å². The molecule has 0 aromatic carbocycles. The molecule has 21 heavy (non-hydrogen) atoms. The average Bonchev–Trinajstić information content (AvgIpc) is 2.80. The summed E-state index contributed by atoms with van der Waals surface area (Å²) in [6.45, 7) is 5.70. The van der Waals surface area contributed by atoms with Gasteiger partial charge in [-0.15, -0.1) is 0 Å². The Kier molecular flexibility index (Phi) is 3.09. The second-order valence-corrected chi connectivity index (χ2v) is 4.82. The van der Waals surface area contributed by atoms with Gasteiger partial charge in [-0.25, -0.2) is 14.6 Å². The highest BCUT2D eigenvalue weighted by Gasteiger charge is 2.15. The Balaban J connectivity index is 2.12. The molecule has 7 heteroatoms. The molecule has 0 saturated heterocycles. The Morgan fingerprint density at radius 3 is 2.29 bits per heavy atom. The molecule has 0 aliphatic heterocycles. The maximum absolute atomic E-state index is 6.05. The molecular formula is C14H15N7. The summed E-state index contributed by atoms with van der Waals surface area (Å²) in [5.41, 5.74) is 10.3. The van der Waals surface area contributed by atoms with Gasteiger partial charge in [-0.05, 0) is 26.8 Å². The lowest BCUT2D eigenvalue weighted by Gasteiger charge is -2.02. The number of aryl methyl sites for hydroxylation is 3. The van der Waals surface area contributed by atoms with Crippen molar-refractivity contribution in [3.8, 4) is 17.3 Å². The molecule has 3 aromatic rings. The summed E-state index contributed by atoms with van der Waals surface area (Å²) >= 11 is 0. The van der Waals surface area contributed by atoms with Crippen LogP contribution in [0.2, 0.25) is 0 Å². The van der Waals surface area contributed by atoms with E-state index in [1.807, 2.05) is 26.8 Å². The van der Waals surface area contributed by atoms with Crippen molar-refractivity contribution >= 4 is 5.69 Å². The summed E-state index contributed by atoms with van der Waals surface area (Å²) < 4.78 is 1.57. The molecule has 0 spiro atoms. The minimum Gasteiger partial charge on any atom is -0.396 e. The standard InChI is InChI=1S/C14H15N7/c1-8-6-9(2)19-14(18-8)21-7-11(15)13(20-21)12-10(3)16-4-5-17-12/h4-7H,15H2,1-3H3. The first-order valence-corrected chi connectivity index (χ1v) is 6.50. The van der Waals surface area contributed by atoms with Crippen molar-refractivity contribution in [1.82, 2.24) is 29.7 Å². The molecule has 7 nitrogen and oxygen atoms in total. The average molecular weight is 281 g/mol. The highest BCUT2D eigenvalue weighted by atomic mass is 15.4. The van der Waals surface area contributed by atoms with E-state index in [1.165, 1.54) is 0 Å². The van der Waals surface area contributed by atoms with Crippen LogP contribution in [0.15, 0.2) is 24.7 Å². The second kappa shape index (κ2) is 4.93. The zero-order valence-electron chi connectivity index (χ0n) is 12.1. The lowest BCUT2D eigenvalue weighted by Crippen LogP contribution is -2.04. The van der Waals surface area contributed by atoms with Gasteiger partial charge in [0, 0.05) is 23.8 Å². The number of hydrogen-bond donors (Lipinski definition) is 1. The highest BCUT2D eigenvalue weighted by molar-refractivity contribution is 5.70. The number of nitrogen functional groups attached to an aromatic ring is 1. The summed E-state index contributed by atoms with van der Waals surface area (Å²) in [7, 11) is 0. The maximum Gasteiger partial charge on any atom is 0.251 e. The molecule has 3 rings (SSSR count). The zero-order valence-corrected chi connectivity index (χ0v) is 12.1. The van der Waals surface area contributed by atoms with E-state index < -0.39 is 0 Å². The molecule has 0 amide bonds. The molecule has 0 unspecified atom stereocenters. The van der Waals surface area contributed by atoms with Crippen LogP contribution in [-0.2, 0) is 0 Å². The van der Waals surface area contributed by atoms with Gasteiger partial charge in [0.1, 0.15) is 11.4 Å². The van der Waals surface area contributed by atoms with Gasteiger partial charge >= 0.3 is 0 Å². The summed E-state index contributed by atoms with van der Waals surface area (Å²) in [6.07, 6.45) is 4.95. The lowest BCUT2D eigenvalue weighted by atomic mass is 10.2. The predicted octanol–water partition coefficient (Wildman–Crippen LogP) is 1.63. The fourth-order valence-electron chi connectivity index (χ4n) is 2.12. The molecular weight excluding hydrogens is 266 g/mol. The largest absolute Gasteiger partial charge is 0.396 e. The van der Waals surface area contributed by atoms with Crippen molar-refractivity contribution in [2.75, 3.05) is 5.73 Å². The number of nitrogens with zero attached hydrogens (tertiary/aromatic N) is 6. The minimum atomic E-state index is 0.493. The van der Waals surface area contributed by atoms with E-state index in [0.717, 1.165) is 17.1 Å². The summed E-state index contributed by atoms with van der Waals surface area (Å²) in [5, 5.41) is 4.46. The molecule has 106 valence electrons. The van der Waals surface area contributed by atoms with Gasteiger partial charge in [0.15, 0.2) is 0 Å². The van der Waals surface area contributed by atoms with Crippen LogP contribution in [0, 0.1) is 20.8 Å². The summed E-state index contributed by atoms with van der Waals surface area (Å²) in [6, 6.07) is 1.91. The quantitative estimate of drug-likeness (QED) is 0.767. The van der Waals surface area contributed by atoms with Gasteiger partial charge in [-0.3, -0.25) is 9.97 Å². The van der Waals surface area contributed by atoms with Crippen molar-refractivity contribution in [2.24, 2.45) is 0 Å². The van der Waals surface area contributed by atoms with E-state index in [9.17, 15) is 0 Å². The number of rotatable bonds is 2. The van der Waals surface area contributed by atoms with Crippen LogP contribution < -0.4 is 5.73 Å². The second-order valence-electron chi connectivity index (χ2n) is 4.82. The number of nitrogens with two attached hydrogens (primary N) is 1. The van der Waals surface area contributed by atoms with Gasteiger partial charge < -0.3 is 5.73 Å². The van der Waals surface area contributed by atoms with E-state index in [2.05, 4.69) is 25.0 Å². The SMILES string of the molecule is Cc1cc(C)nc(-n2cc(N)c(-c3nccnc3C)n2)n1. The van der Waals surface area contributed by atoms with Crippen molar-refractivity contribution in [2.45, 2.75) is 20.8 Å². The smallest absolute Gasteiger partial charge is 0.251 e. The van der Waals surface area contributed by atoms with Crippen molar-refractivity contribution in [1.29, 1.82) is 0 Å². The van der Waals surface area contributed by atoms with Crippen molar-refractivity contribution < 1.29 is 0 Å². The fourth-order valence-corrected chi connectivity index (χ4v) is 2.12. The van der Waals surface area contributed by atoms with Crippen molar-refractivity contribution in [3.05, 3.63) is 41.7 Å². The van der Waals surface area contributed by atoms with Crippen molar-refractivity contribution in [3.63, 3.8) is 0 Å². The Morgan fingerprint density at radius 1 is 0.952 bits per heavy atom. The van der Waals surface area contributed by atoms with Crippen LogP contribution in [0.25, 0.3) is 17.3 Å². The number of aromatic nitrogens is 6. The van der Waals surface area contributed by atoms with Crippen LogP contribution in [0.3, 0.4) is 0 Å². The Labute approximate surface area is 121 Å². The maximum atomic E-state index is 6.05. The van der Waals surface area contributed by atoms with Gasteiger partial charge in [-0.1, -0.05) is 0 Å². The topological polar surface area (TPSA) is 95.4 Å². The van der Waals surface area contributed by atoms with Crippen LogP contribution in [0.1, 0.15) is 17.1 Å². The molecule has 0 aliphatic rings. The first-order chi connectivity index (χ1) is 10.0. The first-order valence-electron chi connectivity index (χ1n) is 6.50. The summed E-state index contributed by atoms with van der Waals surface area (Å²) in [4.78, 5) is 17.2. The molecule has 2 N–H and O–H groups in total. The van der Waals surface area contributed by atoms with Gasteiger partial charge in [0.2, 0.25) is 0 Å². The monoisotopic (exact) mass is 281 g/mol. The first kappa shape index (κ1) is 13.2.